The molecule has 1 unspecified atom stereocenters. The monoisotopic (exact) mass is 379 g/mol. The molecule has 7 heteroatoms. The molecule has 140 valence electrons. The molecule has 0 radical (unpaired) electrons. The van der Waals surface area contributed by atoms with Crippen molar-refractivity contribution in [3.63, 3.8) is 0 Å². The molecule has 0 spiro atoms. The fourth-order valence-electron chi connectivity index (χ4n) is 2.97. The molecule has 1 aromatic heterocycles. The van der Waals surface area contributed by atoms with E-state index in [9.17, 15) is 13.6 Å². The zero-order valence-corrected chi connectivity index (χ0v) is 14.6. The zero-order chi connectivity index (χ0) is 19.5. The SMILES string of the molecule is O=C(N/N=C1\CC(c2ccc(F)cc2)Oc2ccc(F)cc21)c1ccncc1. The molecule has 0 saturated heterocycles. The van der Waals surface area contributed by atoms with E-state index in [1.165, 1.54) is 42.7 Å². The van der Waals surface area contributed by atoms with Crippen LogP contribution in [0.1, 0.15) is 34.0 Å². The maximum absolute atomic E-state index is 13.7. The average molecular weight is 379 g/mol. The van der Waals surface area contributed by atoms with Crippen molar-refractivity contribution < 1.29 is 18.3 Å². The van der Waals surface area contributed by atoms with Crippen LogP contribution in [0.4, 0.5) is 8.78 Å². The number of pyridine rings is 1. The van der Waals surface area contributed by atoms with E-state index >= 15 is 0 Å². The highest BCUT2D eigenvalue weighted by molar-refractivity contribution is 6.05. The number of fused-ring (bicyclic) bond motifs is 1. The molecular weight excluding hydrogens is 364 g/mol. The second-order valence-electron chi connectivity index (χ2n) is 6.24. The highest BCUT2D eigenvalue weighted by Crippen LogP contribution is 2.35. The van der Waals surface area contributed by atoms with Crippen molar-refractivity contribution in [2.45, 2.75) is 12.5 Å². The standard InChI is InChI=1S/C21H15F2N3O2/c22-15-3-1-13(2-4-15)20-12-18(17-11-16(23)5-6-19(17)28-20)25-26-21(27)14-7-9-24-10-8-14/h1-11,20H,12H2,(H,26,27)/b25-18+. The molecule has 1 N–H and O–H groups in total. The first-order valence-corrected chi connectivity index (χ1v) is 8.59. The summed E-state index contributed by atoms with van der Waals surface area (Å²) in [5, 5.41) is 4.21. The first-order valence-electron chi connectivity index (χ1n) is 8.59. The van der Waals surface area contributed by atoms with Crippen LogP contribution in [0.15, 0.2) is 72.1 Å². The quantitative estimate of drug-likeness (QED) is 0.699. The topological polar surface area (TPSA) is 63.6 Å². The first-order chi connectivity index (χ1) is 13.6. The Morgan fingerprint density at radius 1 is 1.04 bits per heavy atom. The molecule has 1 aliphatic rings. The number of carbonyl (C=O) groups is 1. The Kier molecular flexibility index (Phi) is 4.80. The van der Waals surface area contributed by atoms with Gasteiger partial charge in [0.25, 0.3) is 5.91 Å². The van der Waals surface area contributed by atoms with Gasteiger partial charge in [-0.1, -0.05) is 12.1 Å². The van der Waals surface area contributed by atoms with Crippen LogP contribution in [0.5, 0.6) is 5.75 Å². The molecule has 28 heavy (non-hydrogen) atoms. The van der Waals surface area contributed by atoms with Gasteiger partial charge in [-0.3, -0.25) is 9.78 Å². The average Bonchev–Trinajstić information content (AvgIpc) is 2.73. The lowest BCUT2D eigenvalue weighted by molar-refractivity contribution is 0.0954. The molecule has 2 heterocycles. The van der Waals surface area contributed by atoms with Gasteiger partial charge >= 0.3 is 0 Å². The summed E-state index contributed by atoms with van der Waals surface area (Å²) in [5.74, 6) is -0.743. The second-order valence-corrected chi connectivity index (χ2v) is 6.24. The summed E-state index contributed by atoms with van der Waals surface area (Å²) >= 11 is 0. The molecule has 2 aromatic carbocycles. The molecule has 4 rings (SSSR count). The normalized spacial score (nSPS) is 16.9. The van der Waals surface area contributed by atoms with E-state index in [4.69, 9.17) is 4.74 Å². The highest BCUT2D eigenvalue weighted by atomic mass is 19.1. The van der Waals surface area contributed by atoms with Crippen LogP contribution in [0.2, 0.25) is 0 Å². The molecule has 0 fully saturated rings. The maximum atomic E-state index is 13.7. The summed E-state index contributed by atoms with van der Waals surface area (Å²) < 4.78 is 32.9. The molecular formula is C21H15F2N3O2. The predicted molar refractivity (Wildman–Crippen MR) is 99.0 cm³/mol. The smallest absolute Gasteiger partial charge is 0.271 e. The van der Waals surface area contributed by atoms with Crippen LogP contribution in [0.3, 0.4) is 0 Å². The van der Waals surface area contributed by atoms with Crippen LogP contribution < -0.4 is 10.2 Å². The summed E-state index contributed by atoms with van der Waals surface area (Å²) in [6.45, 7) is 0. The third-order valence-corrected chi connectivity index (χ3v) is 4.38. The Balaban J connectivity index is 1.65. The van der Waals surface area contributed by atoms with E-state index in [2.05, 4.69) is 15.5 Å². The minimum atomic E-state index is -0.435. The number of nitrogens with zero attached hydrogens (tertiary/aromatic N) is 2. The molecule has 1 amide bonds. The molecule has 1 atom stereocenters. The van der Waals surface area contributed by atoms with Gasteiger partial charge in [0, 0.05) is 29.9 Å². The molecule has 0 bridgehead atoms. The van der Waals surface area contributed by atoms with E-state index in [1.54, 1.807) is 24.3 Å². The minimum absolute atomic E-state index is 0.290. The van der Waals surface area contributed by atoms with Gasteiger partial charge in [0.1, 0.15) is 23.5 Å². The fourth-order valence-corrected chi connectivity index (χ4v) is 2.97. The molecule has 5 nitrogen and oxygen atoms in total. The number of hydrazone groups is 1. The second kappa shape index (κ2) is 7.56. The Bertz CT molecular complexity index is 1040. The third kappa shape index (κ3) is 3.73. The van der Waals surface area contributed by atoms with Gasteiger partial charge in [-0.25, -0.2) is 14.2 Å². The number of aromatic nitrogens is 1. The van der Waals surface area contributed by atoms with E-state index in [1.807, 2.05) is 0 Å². The lowest BCUT2D eigenvalue weighted by Gasteiger charge is -2.27. The van der Waals surface area contributed by atoms with Crippen LogP contribution in [-0.4, -0.2) is 16.6 Å². The van der Waals surface area contributed by atoms with Gasteiger partial charge in [0.2, 0.25) is 0 Å². The summed E-state index contributed by atoms with van der Waals surface area (Å²) in [5.41, 5.74) is 4.59. The number of halogens is 2. The maximum Gasteiger partial charge on any atom is 0.271 e. The molecule has 3 aromatic rings. The molecule has 0 saturated carbocycles. The van der Waals surface area contributed by atoms with Crippen molar-refractivity contribution in [3.05, 3.63) is 95.3 Å². The number of rotatable bonds is 3. The van der Waals surface area contributed by atoms with Crippen molar-refractivity contribution in [3.8, 4) is 5.75 Å². The lowest BCUT2D eigenvalue weighted by atomic mass is 9.95. The molecule has 0 aliphatic carbocycles. The van der Waals surface area contributed by atoms with Crippen molar-refractivity contribution in [2.75, 3.05) is 0 Å². The summed E-state index contributed by atoms with van der Waals surface area (Å²) in [6, 6.07) is 13.2. The third-order valence-electron chi connectivity index (χ3n) is 4.38. The van der Waals surface area contributed by atoms with Crippen LogP contribution in [0.25, 0.3) is 0 Å². The van der Waals surface area contributed by atoms with E-state index in [0.717, 1.165) is 5.56 Å². The van der Waals surface area contributed by atoms with Gasteiger partial charge in [-0.05, 0) is 48.0 Å². The van der Waals surface area contributed by atoms with Gasteiger partial charge < -0.3 is 4.74 Å². The Morgan fingerprint density at radius 3 is 2.50 bits per heavy atom. The first kappa shape index (κ1) is 17.8. The van der Waals surface area contributed by atoms with Gasteiger partial charge in [0.15, 0.2) is 0 Å². The number of amides is 1. The van der Waals surface area contributed by atoms with E-state index < -0.39 is 17.8 Å². The zero-order valence-electron chi connectivity index (χ0n) is 14.6. The Hall–Kier alpha value is -3.61. The Morgan fingerprint density at radius 2 is 1.75 bits per heavy atom. The van der Waals surface area contributed by atoms with E-state index in [0.29, 0.717) is 29.0 Å². The van der Waals surface area contributed by atoms with Gasteiger partial charge in [0.05, 0.1) is 5.71 Å². The number of carbonyl (C=O) groups excluding carboxylic acids is 1. The van der Waals surface area contributed by atoms with Gasteiger partial charge in [-0.15, -0.1) is 0 Å². The van der Waals surface area contributed by atoms with Crippen molar-refractivity contribution in [2.24, 2.45) is 5.10 Å². The number of ether oxygens (including phenoxy) is 1. The molecule has 1 aliphatic heterocycles. The minimum Gasteiger partial charge on any atom is -0.485 e. The van der Waals surface area contributed by atoms with Crippen LogP contribution in [-0.2, 0) is 0 Å². The summed E-state index contributed by atoms with van der Waals surface area (Å²) in [7, 11) is 0. The summed E-state index contributed by atoms with van der Waals surface area (Å²) in [6.07, 6.45) is 2.87. The van der Waals surface area contributed by atoms with E-state index in [-0.39, 0.29) is 5.82 Å². The largest absolute Gasteiger partial charge is 0.485 e. The van der Waals surface area contributed by atoms with Crippen molar-refractivity contribution in [1.29, 1.82) is 0 Å². The van der Waals surface area contributed by atoms with Gasteiger partial charge in [-0.2, -0.15) is 5.10 Å². The van der Waals surface area contributed by atoms with Crippen molar-refractivity contribution >= 4 is 11.6 Å². The highest BCUT2D eigenvalue weighted by Gasteiger charge is 2.27. The number of benzene rings is 2. The summed E-state index contributed by atoms with van der Waals surface area (Å²) in [4.78, 5) is 16.1. The van der Waals surface area contributed by atoms with Crippen molar-refractivity contribution in [1.82, 2.24) is 10.4 Å². The fraction of sp³-hybridized carbons (Fsp3) is 0.0952. The number of hydrogen-bond acceptors (Lipinski definition) is 4. The lowest BCUT2D eigenvalue weighted by Crippen LogP contribution is -2.25. The number of hydrogen-bond donors (Lipinski definition) is 1. The van der Waals surface area contributed by atoms with Crippen LogP contribution in [0, 0.1) is 11.6 Å². The Labute approximate surface area is 159 Å². The number of nitrogens with one attached hydrogen (secondary N) is 1. The predicted octanol–water partition coefficient (Wildman–Crippen LogP) is 4.02. The van der Waals surface area contributed by atoms with Crippen LogP contribution >= 0.6 is 0 Å².